The van der Waals surface area contributed by atoms with E-state index in [1.54, 1.807) is 5.57 Å². The van der Waals surface area contributed by atoms with Crippen LogP contribution in [-0.2, 0) is 0 Å². The highest BCUT2D eigenvalue weighted by atomic mass is 16.4. The minimum Gasteiger partial charge on any atom is -0.411 e. The lowest BCUT2D eigenvalue weighted by Gasteiger charge is -2.56. The largest absolute Gasteiger partial charge is 0.411 e. The van der Waals surface area contributed by atoms with Gasteiger partial charge in [-0.1, -0.05) is 24.6 Å². The van der Waals surface area contributed by atoms with E-state index < -0.39 is 0 Å². The lowest BCUT2D eigenvalue weighted by atomic mass is 9.49. The third-order valence-electron chi connectivity index (χ3n) is 8.20. The van der Waals surface area contributed by atoms with Crippen LogP contribution in [0.3, 0.4) is 0 Å². The zero-order chi connectivity index (χ0) is 16.2. The van der Waals surface area contributed by atoms with Crippen molar-refractivity contribution in [3.05, 3.63) is 11.6 Å². The van der Waals surface area contributed by atoms with Crippen molar-refractivity contribution in [1.29, 1.82) is 0 Å². The Balaban J connectivity index is 1.65. The summed E-state index contributed by atoms with van der Waals surface area (Å²) in [6, 6.07) is 0. The molecule has 0 aromatic heterocycles. The summed E-state index contributed by atoms with van der Waals surface area (Å²) in [6.45, 7) is 5.29. The van der Waals surface area contributed by atoms with Crippen molar-refractivity contribution < 1.29 is 10.3 Å². The molecule has 3 heteroatoms. The fourth-order valence-corrected chi connectivity index (χ4v) is 7.09. The highest BCUT2D eigenvalue weighted by Crippen LogP contribution is 2.64. The van der Waals surface area contributed by atoms with Gasteiger partial charge >= 0.3 is 0 Å². The molecule has 4 aliphatic rings. The molecule has 3 fully saturated rings. The molecule has 2 N–H and O–H groups in total. The average Bonchev–Trinajstić information content (AvgIpc) is 2.90. The summed E-state index contributed by atoms with van der Waals surface area (Å²) in [6.07, 6.45) is 10.6. The van der Waals surface area contributed by atoms with E-state index in [1.165, 1.54) is 38.5 Å². The average molecular weight is 317 g/mol. The van der Waals surface area contributed by atoms with Crippen LogP contribution in [0.4, 0.5) is 0 Å². The molecule has 4 aliphatic carbocycles. The minimum absolute atomic E-state index is 0.373. The zero-order valence-corrected chi connectivity index (χ0v) is 14.5. The number of nitrogens with zero attached hydrogens (tertiary/aromatic N) is 1. The molecule has 0 amide bonds. The Kier molecular flexibility index (Phi) is 3.83. The summed E-state index contributed by atoms with van der Waals surface area (Å²) in [4.78, 5) is 0. The number of aliphatic hydroxyl groups excluding tert-OH is 1. The molecule has 0 aromatic rings. The summed E-state index contributed by atoms with van der Waals surface area (Å²) >= 11 is 0. The van der Waals surface area contributed by atoms with E-state index >= 15 is 0 Å². The van der Waals surface area contributed by atoms with Crippen molar-refractivity contribution in [2.75, 3.05) is 6.61 Å². The molecule has 23 heavy (non-hydrogen) atoms. The molecule has 128 valence electrons. The van der Waals surface area contributed by atoms with E-state index in [2.05, 4.69) is 25.1 Å². The van der Waals surface area contributed by atoms with E-state index in [9.17, 15) is 5.11 Å². The number of oxime groups is 1. The summed E-state index contributed by atoms with van der Waals surface area (Å²) in [7, 11) is 0. The van der Waals surface area contributed by atoms with Gasteiger partial charge in [-0.3, -0.25) is 0 Å². The topological polar surface area (TPSA) is 52.8 Å². The first-order valence-corrected chi connectivity index (χ1v) is 9.60. The Bertz CT molecular complexity index is 540. The molecule has 3 nitrogen and oxygen atoms in total. The van der Waals surface area contributed by atoms with Crippen molar-refractivity contribution >= 4 is 5.71 Å². The lowest BCUT2D eigenvalue weighted by molar-refractivity contribution is -0.0526. The predicted octanol–water partition coefficient (Wildman–Crippen LogP) is 4.24. The maximum absolute atomic E-state index is 9.83. The molecule has 0 unspecified atom stereocenters. The van der Waals surface area contributed by atoms with Gasteiger partial charge in [0, 0.05) is 6.61 Å². The summed E-state index contributed by atoms with van der Waals surface area (Å²) in [5.41, 5.74) is 2.81. The second-order valence-electron chi connectivity index (χ2n) is 8.99. The number of allylic oxidation sites excluding steroid dienone is 2. The lowest BCUT2D eigenvalue weighted by Crippen LogP contribution is -2.49. The molecule has 3 saturated carbocycles. The Morgan fingerprint density at radius 3 is 2.83 bits per heavy atom. The second kappa shape index (κ2) is 5.61. The van der Waals surface area contributed by atoms with Crippen LogP contribution in [0.2, 0.25) is 0 Å². The maximum atomic E-state index is 9.83. The number of hydrogen-bond donors (Lipinski definition) is 2. The molecular weight excluding hydrogens is 286 g/mol. The van der Waals surface area contributed by atoms with E-state index in [4.69, 9.17) is 5.21 Å². The summed E-state index contributed by atoms with van der Waals surface area (Å²) in [5.74, 6) is 4.43. The van der Waals surface area contributed by atoms with Crippen LogP contribution >= 0.6 is 0 Å². The fraction of sp³-hybridized carbons (Fsp3) is 0.850. The van der Waals surface area contributed by atoms with E-state index in [0.29, 0.717) is 17.9 Å². The Labute approximate surface area is 139 Å². The normalized spacial score (nSPS) is 50.9. The summed E-state index contributed by atoms with van der Waals surface area (Å²) < 4.78 is 0. The monoisotopic (exact) mass is 317 g/mol. The van der Waals surface area contributed by atoms with E-state index in [0.717, 1.165) is 41.7 Å². The first-order valence-electron chi connectivity index (χ1n) is 9.60. The van der Waals surface area contributed by atoms with Crippen molar-refractivity contribution in [1.82, 2.24) is 0 Å². The predicted molar refractivity (Wildman–Crippen MR) is 91.4 cm³/mol. The fourth-order valence-electron chi connectivity index (χ4n) is 7.09. The third kappa shape index (κ3) is 2.22. The number of fused-ring (bicyclic) bond motifs is 5. The maximum Gasteiger partial charge on any atom is 0.0795 e. The Morgan fingerprint density at radius 2 is 2.09 bits per heavy atom. The quantitative estimate of drug-likeness (QED) is 0.561. The van der Waals surface area contributed by atoms with Crippen molar-refractivity contribution in [3.8, 4) is 0 Å². The standard InChI is InChI=1S/C20H31NO2/c1-12-9-13-10-15(21-23)4-5-16(13)17-7-8-20(2)14(11-22)3-6-18(20)19(12)17/h10,12,14,16-19,22-23H,3-9,11H2,1-2H3/b21-15-/t12-,14+,16+,17-,18-,19-,20-/m1/s1. The molecule has 0 radical (unpaired) electrons. The Hall–Kier alpha value is -0.830. The van der Waals surface area contributed by atoms with Crippen molar-refractivity contribution in [2.45, 2.75) is 58.8 Å². The van der Waals surface area contributed by atoms with Crippen LogP contribution in [0.25, 0.3) is 0 Å². The van der Waals surface area contributed by atoms with Crippen molar-refractivity contribution in [2.24, 2.45) is 46.1 Å². The third-order valence-corrected chi connectivity index (χ3v) is 8.20. The van der Waals surface area contributed by atoms with Gasteiger partial charge in [0.2, 0.25) is 0 Å². The molecular formula is C20H31NO2. The van der Waals surface area contributed by atoms with Gasteiger partial charge in [0.15, 0.2) is 0 Å². The van der Waals surface area contributed by atoms with E-state index in [1.807, 2.05) is 0 Å². The first kappa shape index (κ1) is 15.7. The number of hydrogen-bond acceptors (Lipinski definition) is 3. The molecule has 4 rings (SSSR count). The summed E-state index contributed by atoms with van der Waals surface area (Å²) in [5, 5.41) is 22.4. The molecule has 7 atom stereocenters. The van der Waals surface area contributed by atoms with Crippen LogP contribution in [0.5, 0.6) is 0 Å². The van der Waals surface area contributed by atoms with Gasteiger partial charge in [-0.05, 0) is 91.9 Å². The molecule has 0 saturated heterocycles. The first-order chi connectivity index (χ1) is 11.1. The second-order valence-corrected chi connectivity index (χ2v) is 8.99. The van der Waals surface area contributed by atoms with Crippen LogP contribution < -0.4 is 0 Å². The van der Waals surface area contributed by atoms with Gasteiger partial charge in [0.05, 0.1) is 5.71 Å². The van der Waals surface area contributed by atoms with E-state index in [-0.39, 0.29) is 0 Å². The highest BCUT2D eigenvalue weighted by Gasteiger charge is 2.57. The molecule has 0 aromatic carbocycles. The van der Waals surface area contributed by atoms with Gasteiger partial charge < -0.3 is 10.3 Å². The van der Waals surface area contributed by atoms with Gasteiger partial charge in [-0.2, -0.15) is 0 Å². The van der Waals surface area contributed by atoms with Gasteiger partial charge in [0.25, 0.3) is 0 Å². The SMILES string of the molecule is C[C@@H]1CC2=C/C(=N\O)CC[C@@H]2[C@H]2CC[C@]3(C)[C@H](CO)CC[C@@H]3[C@@H]21. The number of aliphatic hydroxyl groups is 1. The minimum atomic E-state index is 0.373. The van der Waals surface area contributed by atoms with Gasteiger partial charge in [-0.25, -0.2) is 0 Å². The molecule has 0 heterocycles. The Morgan fingerprint density at radius 1 is 1.26 bits per heavy atom. The van der Waals surface area contributed by atoms with Crippen LogP contribution in [0.1, 0.15) is 58.8 Å². The number of rotatable bonds is 1. The molecule has 0 bridgehead atoms. The van der Waals surface area contributed by atoms with Crippen LogP contribution in [0.15, 0.2) is 16.8 Å². The zero-order valence-electron chi connectivity index (χ0n) is 14.5. The van der Waals surface area contributed by atoms with Crippen molar-refractivity contribution in [3.63, 3.8) is 0 Å². The van der Waals surface area contributed by atoms with Crippen LogP contribution in [0, 0.1) is 40.9 Å². The molecule has 0 aliphatic heterocycles. The molecule has 0 spiro atoms. The highest BCUT2D eigenvalue weighted by molar-refractivity contribution is 5.96. The van der Waals surface area contributed by atoms with Gasteiger partial charge in [-0.15, -0.1) is 0 Å². The smallest absolute Gasteiger partial charge is 0.0795 e. The van der Waals surface area contributed by atoms with Gasteiger partial charge in [0.1, 0.15) is 0 Å². The van der Waals surface area contributed by atoms with Crippen LogP contribution in [-0.4, -0.2) is 22.6 Å².